The molecule has 0 spiro atoms. The zero-order valence-corrected chi connectivity index (χ0v) is 18.5. The average Bonchev–Trinajstić information content (AvgIpc) is 3.27. The van der Waals surface area contributed by atoms with Crippen LogP contribution in [0.25, 0.3) is 0 Å². The van der Waals surface area contributed by atoms with Crippen LogP contribution < -0.4 is 19.3 Å². The molecule has 1 aliphatic heterocycles. The number of rotatable bonds is 5. The second-order valence-corrected chi connectivity index (χ2v) is 8.88. The van der Waals surface area contributed by atoms with E-state index in [1.165, 1.54) is 0 Å². The third-order valence-corrected chi connectivity index (χ3v) is 6.52. The van der Waals surface area contributed by atoms with E-state index in [2.05, 4.69) is 9.97 Å². The fourth-order valence-electron chi connectivity index (χ4n) is 4.24. The molecule has 30 heavy (non-hydrogen) atoms. The van der Waals surface area contributed by atoms with Gasteiger partial charge in [-0.3, -0.25) is 14.0 Å². The molecule has 2 heterocycles. The fraction of sp³-hybridized carbons (Fsp3) is 0.476. The number of carbonyl (C=O) groups excluding carboxylic acids is 1. The third kappa shape index (κ3) is 3.51. The van der Waals surface area contributed by atoms with E-state index in [1.807, 2.05) is 19.1 Å². The van der Waals surface area contributed by atoms with Crippen LogP contribution in [0.5, 0.6) is 11.5 Å². The van der Waals surface area contributed by atoms with E-state index in [0.717, 1.165) is 42.5 Å². The Labute approximate surface area is 178 Å². The van der Waals surface area contributed by atoms with Crippen molar-refractivity contribution in [3.8, 4) is 11.5 Å². The molecular formula is C21H26N4O4S. The zero-order chi connectivity index (χ0) is 21.4. The first-order valence-corrected chi connectivity index (χ1v) is 11.5. The highest BCUT2D eigenvalue weighted by Gasteiger charge is 2.39. The Hall–Kier alpha value is -2.68. The molecule has 2 aromatic rings. The monoisotopic (exact) mass is 430 g/mol. The highest BCUT2D eigenvalue weighted by molar-refractivity contribution is 7.84. The Morgan fingerprint density at radius 3 is 2.53 bits per heavy atom. The smallest absolute Gasteiger partial charge is 0.330 e. The van der Waals surface area contributed by atoms with Gasteiger partial charge in [-0.2, -0.15) is 0 Å². The summed E-state index contributed by atoms with van der Waals surface area (Å²) in [5.74, 6) is 1.85. The first-order chi connectivity index (χ1) is 14.4. The Bertz CT molecular complexity index is 1010. The van der Waals surface area contributed by atoms with Gasteiger partial charge in [-0.15, -0.1) is 0 Å². The molecule has 0 unspecified atom stereocenters. The summed E-state index contributed by atoms with van der Waals surface area (Å²) < 4.78 is 22.9. The van der Waals surface area contributed by atoms with Crippen molar-refractivity contribution < 1.29 is 18.5 Å². The zero-order valence-electron chi connectivity index (χ0n) is 17.7. The van der Waals surface area contributed by atoms with Crippen molar-refractivity contribution in [1.82, 2.24) is 9.97 Å². The number of aromatic nitrogens is 2. The van der Waals surface area contributed by atoms with Gasteiger partial charge in [-0.25, -0.2) is 14.8 Å². The second-order valence-electron chi connectivity index (χ2n) is 7.61. The quantitative estimate of drug-likeness (QED) is 0.676. The largest absolute Gasteiger partial charge is 0.497 e. The molecule has 1 aliphatic carbocycles. The summed E-state index contributed by atoms with van der Waals surface area (Å²) in [7, 11) is 1.87. The maximum atomic E-state index is 13.7. The molecule has 9 heteroatoms. The predicted molar refractivity (Wildman–Crippen MR) is 115 cm³/mol. The summed E-state index contributed by atoms with van der Waals surface area (Å²) in [6, 6.07) is 3.59. The molecule has 160 valence electrons. The molecule has 1 atom stereocenters. The van der Waals surface area contributed by atoms with Gasteiger partial charge in [-0.05, 0) is 19.8 Å². The third-order valence-electron chi connectivity index (χ3n) is 5.81. The number of hydrogen-bond donors (Lipinski definition) is 0. The minimum absolute atomic E-state index is 0.0694. The van der Waals surface area contributed by atoms with Crippen molar-refractivity contribution in [2.75, 3.05) is 30.3 Å². The SMILES string of the molecule is COc1cc(OC)c(C)c(N2Cc3cnc([S@](C)=O)nc3N(C3CCCC3)C2=O)c1. The minimum atomic E-state index is -1.32. The van der Waals surface area contributed by atoms with Crippen LogP contribution in [0.3, 0.4) is 0 Å². The van der Waals surface area contributed by atoms with Crippen molar-refractivity contribution in [3.63, 3.8) is 0 Å². The van der Waals surface area contributed by atoms with E-state index < -0.39 is 10.8 Å². The molecule has 8 nitrogen and oxygen atoms in total. The Morgan fingerprint density at radius 1 is 1.17 bits per heavy atom. The number of ether oxygens (including phenoxy) is 2. The standard InChI is InChI=1S/C21H26N4O4S/c1-13-17(9-16(28-2)10-18(13)29-3)24-12-14-11-22-20(30(4)27)23-19(14)25(21(24)26)15-7-5-6-8-15/h9-11,15H,5-8,12H2,1-4H3/t30-/m0/s1. The van der Waals surface area contributed by atoms with E-state index in [4.69, 9.17) is 9.47 Å². The highest BCUT2D eigenvalue weighted by atomic mass is 32.2. The van der Waals surface area contributed by atoms with Gasteiger partial charge in [0.25, 0.3) is 0 Å². The summed E-state index contributed by atoms with van der Waals surface area (Å²) in [6.45, 7) is 2.25. The minimum Gasteiger partial charge on any atom is -0.497 e. The number of methoxy groups -OCH3 is 2. The molecule has 0 radical (unpaired) electrons. The van der Waals surface area contributed by atoms with Crippen molar-refractivity contribution in [2.24, 2.45) is 0 Å². The topological polar surface area (TPSA) is 84.9 Å². The number of carbonyl (C=O) groups is 1. The highest BCUT2D eigenvalue weighted by Crippen LogP contribution is 2.40. The molecule has 4 rings (SSSR count). The van der Waals surface area contributed by atoms with Gasteiger partial charge in [0.2, 0.25) is 5.16 Å². The van der Waals surface area contributed by atoms with Crippen LogP contribution in [-0.2, 0) is 17.3 Å². The molecule has 2 amide bonds. The number of amides is 2. The van der Waals surface area contributed by atoms with Crippen LogP contribution in [0.2, 0.25) is 0 Å². The predicted octanol–water partition coefficient (Wildman–Crippen LogP) is 3.43. The van der Waals surface area contributed by atoms with Gasteiger partial charge in [0.05, 0.1) is 37.3 Å². The first-order valence-electron chi connectivity index (χ1n) is 9.97. The van der Waals surface area contributed by atoms with Crippen LogP contribution in [0, 0.1) is 6.92 Å². The summed E-state index contributed by atoms with van der Waals surface area (Å²) in [5, 5.41) is 0.247. The van der Waals surface area contributed by atoms with Crippen LogP contribution in [-0.4, -0.2) is 46.7 Å². The molecule has 1 aromatic carbocycles. The lowest BCUT2D eigenvalue weighted by Gasteiger charge is -2.39. The maximum Gasteiger partial charge on any atom is 0.330 e. The van der Waals surface area contributed by atoms with Crippen molar-refractivity contribution in [3.05, 3.63) is 29.5 Å². The lowest BCUT2D eigenvalue weighted by Crippen LogP contribution is -2.52. The van der Waals surface area contributed by atoms with E-state index in [9.17, 15) is 9.00 Å². The summed E-state index contributed by atoms with van der Waals surface area (Å²) in [5.41, 5.74) is 2.42. The number of nitrogens with zero attached hydrogens (tertiary/aromatic N) is 4. The number of fused-ring (bicyclic) bond motifs is 1. The van der Waals surface area contributed by atoms with Gasteiger partial charge in [0.15, 0.2) is 0 Å². The lowest BCUT2D eigenvalue weighted by molar-refractivity contribution is 0.247. The van der Waals surface area contributed by atoms with E-state index in [0.29, 0.717) is 23.9 Å². The summed E-state index contributed by atoms with van der Waals surface area (Å²) in [6.07, 6.45) is 7.24. The fourth-order valence-corrected chi connectivity index (χ4v) is 4.65. The number of anilines is 2. The van der Waals surface area contributed by atoms with Gasteiger partial charge in [0.1, 0.15) is 17.3 Å². The van der Waals surface area contributed by atoms with Crippen LogP contribution in [0.1, 0.15) is 36.8 Å². The van der Waals surface area contributed by atoms with Crippen molar-refractivity contribution in [1.29, 1.82) is 0 Å². The summed E-state index contributed by atoms with van der Waals surface area (Å²) >= 11 is 0. The molecule has 1 aromatic heterocycles. The van der Waals surface area contributed by atoms with Crippen LogP contribution >= 0.6 is 0 Å². The maximum absolute atomic E-state index is 13.7. The van der Waals surface area contributed by atoms with Crippen LogP contribution in [0.4, 0.5) is 16.3 Å². The average molecular weight is 431 g/mol. The number of hydrogen-bond acceptors (Lipinski definition) is 6. The van der Waals surface area contributed by atoms with E-state index in [1.54, 1.807) is 36.5 Å². The molecule has 1 saturated carbocycles. The van der Waals surface area contributed by atoms with Gasteiger partial charge < -0.3 is 9.47 Å². The number of urea groups is 1. The van der Waals surface area contributed by atoms with Crippen molar-refractivity contribution in [2.45, 2.75) is 50.4 Å². The molecule has 0 saturated heterocycles. The van der Waals surface area contributed by atoms with E-state index in [-0.39, 0.29) is 17.2 Å². The van der Waals surface area contributed by atoms with Crippen molar-refractivity contribution >= 4 is 28.3 Å². The summed E-state index contributed by atoms with van der Waals surface area (Å²) in [4.78, 5) is 26.0. The number of benzene rings is 1. The van der Waals surface area contributed by atoms with Gasteiger partial charge in [-0.1, -0.05) is 12.8 Å². The molecule has 2 aliphatic rings. The molecule has 0 bridgehead atoms. The van der Waals surface area contributed by atoms with Crippen LogP contribution in [0.15, 0.2) is 23.5 Å². The Kier molecular flexibility index (Phi) is 5.64. The normalized spacial score (nSPS) is 17.8. The Balaban J connectivity index is 1.84. The lowest BCUT2D eigenvalue weighted by atomic mass is 10.1. The Morgan fingerprint density at radius 2 is 1.90 bits per heavy atom. The van der Waals surface area contributed by atoms with Gasteiger partial charge in [0, 0.05) is 41.8 Å². The van der Waals surface area contributed by atoms with Gasteiger partial charge >= 0.3 is 6.03 Å². The molecule has 1 fully saturated rings. The second kappa shape index (κ2) is 8.22. The van der Waals surface area contributed by atoms with E-state index >= 15 is 0 Å². The molecule has 0 N–H and O–H groups in total. The first kappa shape index (κ1) is 20.6. The molecular weight excluding hydrogens is 404 g/mol.